The number of hydrogen-bond acceptors (Lipinski definition) is 5. The Labute approximate surface area is 146 Å². The SMILES string of the molecule is COCCNS(=O)(=O)c1cccc(C(=O)N2CCCCC2C(=O)O)c1. The van der Waals surface area contributed by atoms with Crippen molar-refractivity contribution in [3.8, 4) is 0 Å². The minimum absolute atomic E-state index is 0.0432. The zero-order valence-corrected chi connectivity index (χ0v) is 14.8. The molecule has 1 amide bonds. The van der Waals surface area contributed by atoms with Crippen LogP contribution in [0.25, 0.3) is 0 Å². The number of carbonyl (C=O) groups excluding carboxylic acids is 1. The number of amides is 1. The molecule has 9 heteroatoms. The van der Waals surface area contributed by atoms with Gasteiger partial charge in [0.15, 0.2) is 0 Å². The summed E-state index contributed by atoms with van der Waals surface area (Å²) in [6.07, 6.45) is 1.88. The van der Waals surface area contributed by atoms with Crippen molar-refractivity contribution >= 4 is 21.9 Å². The van der Waals surface area contributed by atoms with Gasteiger partial charge in [0.2, 0.25) is 10.0 Å². The molecule has 0 radical (unpaired) electrons. The summed E-state index contributed by atoms with van der Waals surface area (Å²) < 4.78 is 31.7. The van der Waals surface area contributed by atoms with Gasteiger partial charge in [-0.25, -0.2) is 17.9 Å². The average Bonchev–Trinajstić information content (AvgIpc) is 2.61. The van der Waals surface area contributed by atoms with Gasteiger partial charge in [-0.1, -0.05) is 6.07 Å². The lowest BCUT2D eigenvalue weighted by molar-refractivity contribution is -0.143. The van der Waals surface area contributed by atoms with E-state index in [1.807, 2.05) is 0 Å². The second kappa shape index (κ2) is 8.41. The fraction of sp³-hybridized carbons (Fsp3) is 0.500. The highest BCUT2D eigenvalue weighted by Gasteiger charge is 2.32. The first-order valence-corrected chi connectivity index (χ1v) is 9.47. The summed E-state index contributed by atoms with van der Waals surface area (Å²) in [6.45, 7) is 0.689. The lowest BCUT2D eigenvalue weighted by Crippen LogP contribution is -2.48. The van der Waals surface area contributed by atoms with Crippen LogP contribution in [0, 0.1) is 0 Å². The van der Waals surface area contributed by atoms with Gasteiger partial charge in [0.1, 0.15) is 6.04 Å². The van der Waals surface area contributed by atoms with Crippen LogP contribution in [0.2, 0.25) is 0 Å². The summed E-state index contributed by atoms with van der Waals surface area (Å²) in [5, 5.41) is 9.30. The van der Waals surface area contributed by atoms with E-state index >= 15 is 0 Å². The number of nitrogens with one attached hydrogen (secondary N) is 1. The zero-order chi connectivity index (χ0) is 18.4. The Balaban J connectivity index is 2.22. The Hall–Kier alpha value is -1.97. The smallest absolute Gasteiger partial charge is 0.326 e. The molecule has 25 heavy (non-hydrogen) atoms. The number of ether oxygens (including phenoxy) is 1. The number of benzene rings is 1. The van der Waals surface area contributed by atoms with E-state index in [9.17, 15) is 23.1 Å². The first-order chi connectivity index (χ1) is 11.9. The molecule has 2 N–H and O–H groups in total. The molecule has 138 valence electrons. The van der Waals surface area contributed by atoms with Crippen LogP contribution < -0.4 is 4.72 Å². The number of carboxylic acid groups (broad SMARTS) is 1. The number of aliphatic carboxylic acids is 1. The van der Waals surface area contributed by atoms with E-state index in [1.54, 1.807) is 0 Å². The molecule has 1 atom stereocenters. The fourth-order valence-corrected chi connectivity index (χ4v) is 3.81. The number of carboxylic acids is 1. The molecule has 1 aliphatic heterocycles. The third kappa shape index (κ3) is 4.77. The van der Waals surface area contributed by atoms with Gasteiger partial charge in [0.25, 0.3) is 5.91 Å². The number of piperidine rings is 1. The molecule has 1 unspecified atom stereocenters. The summed E-state index contributed by atoms with van der Waals surface area (Å²) in [5.74, 6) is -1.51. The second-order valence-electron chi connectivity index (χ2n) is 5.77. The number of hydrogen-bond donors (Lipinski definition) is 2. The predicted molar refractivity (Wildman–Crippen MR) is 89.8 cm³/mol. The number of nitrogens with zero attached hydrogens (tertiary/aromatic N) is 1. The monoisotopic (exact) mass is 370 g/mol. The maximum absolute atomic E-state index is 12.7. The highest BCUT2D eigenvalue weighted by Crippen LogP contribution is 2.21. The molecule has 0 bridgehead atoms. The van der Waals surface area contributed by atoms with Crippen LogP contribution in [0.1, 0.15) is 29.6 Å². The summed E-state index contributed by atoms with van der Waals surface area (Å²) in [6, 6.07) is 4.74. The van der Waals surface area contributed by atoms with Gasteiger partial charge >= 0.3 is 5.97 Å². The number of rotatable bonds is 7. The maximum atomic E-state index is 12.7. The van der Waals surface area contributed by atoms with Crippen LogP contribution in [0.15, 0.2) is 29.2 Å². The number of carbonyl (C=O) groups is 2. The first-order valence-electron chi connectivity index (χ1n) is 7.99. The molecule has 1 saturated heterocycles. The summed E-state index contributed by atoms with van der Waals surface area (Å²) in [5.41, 5.74) is 0.155. The lowest BCUT2D eigenvalue weighted by Gasteiger charge is -2.33. The van der Waals surface area contributed by atoms with Crippen molar-refractivity contribution in [2.75, 3.05) is 26.8 Å². The molecule has 0 spiro atoms. The third-order valence-corrected chi connectivity index (χ3v) is 5.50. The summed E-state index contributed by atoms with van der Waals surface area (Å²) >= 11 is 0. The van der Waals surface area contributed by atoms with Gasteiger partial charge in [0.05, 0.1) is 11.5 Å². The van der Waals surface area contributed by atoms with E-state index in [4.69, 9.17) is 4.74 Å². The quantitative estimate of drug-likeness (QED) is 0.683. The molecule has 1 aromatic carbocycles. The summed E-state index contributed by atoms with van der Waals surface area (Å²) in [4.78, 5) is 25.3. The molecule has 8 nitrogen and oxygen atoms in total. The molecule has 1 aromatic rings. The van der Waals surface area contributed by atoms with E-state index in [1.165, 1.54) is 36.3 Å². The second-order valence-corrected chi connectivity index (χ2v) is 7.53. The molecule has 1 aliphatic rings. The standard InChI is InChI=1S/C16H22N2O6S/c1-24-10-8-17-25(22,23)13-6-4-5-12(11-13)15(19)18-9-3-2-7-14(18)16(20)21/h4-6,11,14,17H,2-3,7-10H2,1H3,(H,20,21). The van der Waals surface area contributed by atoms with Crippen LogP contribution in [0.3, 0.4) is 0 Å². The minimum atomic E-state index is -3.77. The molecule has 2 rings (SSSR count). The normalized spacial score (nSPS) is 18.1. The highest BCUT2D eigenvalue weighted by atomic mass is 32.2. The molecular weight excluding hydrogens is 348 g/mol. The van der Waals surface area contributed by atoms with Gasteiger partial charge in [-0.2, -0.15) is 0 Å². The number of methoxy groups -OCH3 is 1. The largest absolute Gasteiger partial charge is 0.480 e. The van der Waals surface area contributed by atoms with E-state index in [-0.39, 0.29) is 23.6 Å². The van der Waals surface area contributed by atoms with Gasteiger partial charge in [0, 0.05) is 25.8 Å². The van der Waals surface area contributed by atoms with Crippen molar-refractivity contribution in [2.45, 2.75) is 30.2 Å². The van der Waals surface area contributed by atoms with E-state index in [0.717, 1.165) is 12.8 Å². The van der Waals surface area contributed by atoms with Crippen molar-refractivity contribution in [2.24, 2.45) is 0 Å². The van der Waals surface area contributed by atoms with Gasteiger partial charge in [-0.05, 0) is 37.5 Å². The molecule has 1 heterocycles. The Morgan fingerprint density at radius 1 is 1.36 bits per heavy atom. The fourth-order valence-electron chi connectivity index (χ4n) is 2.75. The molecule has 0 aliphatic carbocycles. The van der Waals surface area contributed by atoms with Crippen LogP contribution in [-0.4, -0.2) is 63.1 Å². The van der Waals surface area contributed by atoms with Gasteiger partial charge in [-0.15, -0.1) is 0 Å². The van der Waals surface area contributed by atoms with Crippen molar-refractivity contribution in [1.29, 1.82) is 0 Å². The Morgan fingerprint density at radius 2 is 2.12 bits per heavy atom. The van der Waals surface area contributed by atoms with E-state index in [2.05, 4.69) is 4.72 Å². The van der Waals surface area contributed by atoms with Crippen molar-refractivity contribution in [3.05, 3.63) is 29.8 Å². The van der Waals surface area contributed by atoms with Gasteiger partial charge in [-0.3, -0.25) is 4.79 Å². The van der Waals surface area contributed by atoms with Crippen LogP contribution in [-0.2, 0) is 19.6 Å². The highest BCUT2D eigenvalue weighted by molar-refractivity contribution is 7.89. The minimum Gasteiger partial charge on any atom is -0.480 e. The maximum Gasteiger partial charge on any atom is 0.326 e. The van der Waals surface area contributed by atoms with Crippen LogP contribution >= 0.6 is 0 Å². The molecule has 1 fully saturated rings. The van der Waals surface area contributed by atoms with E-state index in [0.29, 0.717) is 13.0 Å². The van der Waals surface area contributed by atoms with Crippen LogP contribution in [0.5, 0.6) is 0 Å². The predicted octanol–water partition coefficient (Wildman–Crippen LogP) is 0.691. The average molecular weight is 370 g/mol. The number of sulfonamides is 1. The first kappa shape index (κ1) is 19.4. The molecular formula is C16H22N2O6S. The zero-order valence-electron chi connectivity index (χ0n) is 14.0. The Bertz CT molecular complexity index is 734. The van der Waals surface area contributed by atoms with Crippen molar-refractivity contribution < 1.29 is 27.9 Å². The lowest BCUT2D eigenvalue weighted by atomic mass is 10.0. The third-order valence-electron chi connectivity index (χ3n) is 4.04. The Kier molecular flexibility index (Phi) is 6.51. The summed E-state index contributed by atoms with van der Waals surface area (Å²) in [7, 11) is -2.30. The number of likely N-dealkylation sites (tertiary alicyclic amines) is 1. The van der Waals surface area contributed by atoms with Crippen molar-refractivity contribution in [1.82, 2.24) is 9.62 Å². The molecule has 0 saturated carbocycles. The molecule has 0 aromatic heterocycles. The van der Waals surface area contributed by atoms with E-state index < -0.39 is 27.9 Å². The Morgan fingerprint density at radius 3 is 2.80 bits per heavy atom. The topological polar surface area (TPSA) is 113 Å². The van der Waals surface area contributed by atoms with Crippen molar-refractivity contribution in [3.63, 3.8) is 0 Å². The van der Waals surface area contributed by atoms with Gasteiger partial charge < -0.3 is 14.7 Å². The van der Waals surface area contributed by atoms with Crippen LogP contribution in [0.4, 0.5) is 0 Å².